The third-order valence-electron chi connectivity index (χ3n) is 2.71. The Morgan fingerprint density at radius 2 is 1.65 bits per heavy atom. The number of hydrogen-bond acceptors (Lipinski definition) is 2. The van der Waals surface area contributed by atoms with Crippen LogP contribution in [0.3, 0.4) is 0 Å². The molecule has 0 aromatic heterocycles. The Labute approximate surface area is 101 Å². The Balaban J connectivity index is 1.93. The summed E-state index contributed by atoms with van der Waals surface area (Å²) in [5.74, 6) is 0.281. The van der Waals surface area contributed by atoms with Crippen LogP contribution >= 0.6 is 0 Å². The van der Waals surface area contributed by atoms with Gasteiger partial charge in [0.25, 0.3) is 0 Å². The number of phenolic OH excluding ortho intramolecular Hbond substituents is 1. The lowest BCUT2D eigenvalue weighted by atomic mass is 10.1. The molecule has 88 valence electrons. The van der Waals surface area contributed by atoms with E-state index < -0.39 is 0 Å². The van der Waals surface area contributed by atoms with Gasteiger partial charge in [-0.25, -0.2) is 0 Å². The summed E-state index contributed by atoms with van der Waals surface area (Å²) in [6.07, 6.45) is 0.0239. The van der Waals surface area contributed by atoms with Crippen LogP contribution in [-0.2, 0) is 11.3 Å². The molecule has 0 fully saturated rings. The van der Waals surface area contributed by atoms with Crippen molar-refractivity contribution < 1.29 is 9.84 Å². The molecule has 2 nitrogen and oxygen atoms in total. The van der Waals surface area contributed by atoms with Gasteiger partial charge in [0, 0.05) is 0 Å². The van der Waals surface area contributed by atoms with Crippen molar-refractivity contribution in [3.63, 3.8) is 0 Å². The minimum atomic E-state index is 0.0239. The fraction of sp³-hybridized carbons (Fsp3) is 0.200. The number of benzene rings is 2. The van der Waals surface area contributed by atoms with Gasteiger partial charge in [0.05, 0.1) is 12.7 Å². The highest BCUT2D eigenvalue weighted by Crippen LogP contribution is 2.20. The van der Waals surface area contributed by atoms with Gasteiger partial charge in [-0.1, -0.05) is 42.5 Å². The molecule has 2 aromatic rings. The lowest BCUT2D eigenvalue weighted by Crippen LogP contribution is -2.00. The van der Waals surface area contributed by atoms with E-state index in [1.807, 2.05) is 49.4 Å². The van der Waals surface area contributed by atoms with Crippen molar-refractivity contribution in [2.45, 2.75) is 19.6 Å². The molecule has 0 radical (unpaired) electrons. The molecule has 17 heavy (non-hydrogen) atoms. The molecule has 2 rings (SSSR count). The molecule has 2 aromatic carbocycles. The van der Waals surface area contributed by atoms with Gasteiger partial charge in [0.1, 0.15) is 5.75 Å². The molecule has 0 saturated heterocycles. The molecular formula is C15H16O2. The van der Waals surface area contributed by atoms with E-state index in [1.54, 1.807) is 12.1 Å². The van der Waals surface area contributed by atoms with Crippen LogP contribution < -0.4 is 0 Å². The number of aromatic hydroxyl groups is 1. The molecular weight excluding hydrogens is 212 g/mol. The molecule has 0 aliphatic heterocycles. The molecule has 0 amide bonds. The minimum Gasteiger partial charge on any atom is -0.508 e. The smallest absolute Gasteiger partial charge is 0.115 e. The lowest BCUT2D eigenvalue weighted by molar-refractivity contribution is 0.0525. The predicted octanol–water partition coefficient (Wildman–Crippen LogP) is 3.67. The topological polar surface area (TPSA) is 29.5 Å². The first-order valence-electron chi connectivity index (χ1n) is 5.70. The number of hydrogen-bond donors (Lipinski definition) is 1. The number of ether oxygens (including phenoxy) is 1. The van der Waals surface area contributed by atoms with Crippen LogP contribution in [0, 0.1) is 0 Å². The molecule has 1 unspecified atom stereocenters. The van der Waals surface area contributed by atoms with Crippen molar-refractivity contribution >= 4 is 0 Å². The summed E-state index contributed by atoms with van der Waals surface area (Å²) in [5.41, 5.74) is 2.23. The van der Waals surface area contributed by atoms with Crippen LogP contribution in [0.15, 0.2) is 54.6 Å². The summed E-state index contributed by atoms with van der Waals surface area (Å²) in [4.78, 5) is 0. The highest BCUT2D eigenvalue weighted by molar-refractivity contribution is 5.27. The van der Waals surface area contributed by atoms with Gasteiger partial charge in [0.2, 0.25) is 0 Å². The Kier molecular flexibility index (Phi) is 3.78. The molecule has 1 atom stereocenters. The molecule has 0 spiro atoms. The van der Waals surface area contributed by atoms with E-state index in [2.05, 4.69) is 0 Å². The first kappa shape index (κ1) is 11.7. The van der Waals surface area contributed by atoms with Crippen LogP contribution in [0.4, 0.5) is 0 Å². The quantitative estimate of drug-likeness (QED) is 0.865. The Bertz CT molecular complexity index is 448. The van der Waals surface area contributed by atoms with Crippen LogP contribution in [0.1, 0.15) is 24.2 Å². The first-order valence-corrected chi connectivity index (χ1v) is 5.70. The largest absolute Gasteiger partial charge is 0.508 e. The van der Waals surface area contributed by atoms with Crippen molar-refractivity contribution in [1.29, 1.82) is 0 Å². The predicted molar refractivity (Wildman–Crippen MR) is 67.8 cm³/mol. The SMILES string of the molecule is CC(OCc1ccccc1)c1ccc(O)cc1. The summed E-state index contributed by atoms with van der Waals surface area (Å²) < 4.78 is 5.77. The summed E-state index contributed by atoms with van der Waals surface area (Å²) >= 11 is 0. The molecule has 0 aliphatic carbocycles. The molecule has 0 aliphatic rings. The van der Waals surface area contributed by atoms with Gasteiger partial charge in [-0.2, -0.15) is 0 Å². The third-order valence-corrected chi connectivity index (χ3v) is 2.71. The highest BCUT2D eigenvalue weighted by atomic mass is 16.5. The number of rotatable bonds is 4. The molecule has 0 bridgehead atoms. The summed E-state index contributed by atoms with van der Waals surface area (Å²) in [6.45, 7) is 2.61. The van der Waals surface area contributed by atoms with Gasteiger partial charge >= 0.3 is 0 Å². The van der Waals surface area contributed by atoms with Gasteiger partial charge in [-0.05, 0) is 30.2 Å². The van der Waals surface area contributed by atoms with Gasteiger partial charge < -0.3 is 9.84 Å². The lowest BCUT2D eigenvalue weighted by Gasteiger charge is -2.13. The second-order valence-electron chi connectivity index (χ2n) is 4.03. The fourth-order valence-electron chi connectivity index (χ4n) is 1.64. The molecule has 2 heteroatoms. The number of phenols is 1. The zero-order valence-corrected chi connectivity index (χ0v) is 9.84. The average Bonchev–Trinajstić information content (AvgIpc) is 2.38. The van der Waals surface area contributed by atoms with Crippen LogP contribution in [0.5, 0.6) is 5.75 Å². The van der Waals surface area contributed by atoms with Gasteiger partial charge in [-0.3, -0.25) is 0 Å². The Morgan fingerprint density at radius 3 is 2.29 bits per heavy atom. The van der Waals surface area contributed by atoms with Crippen molar-refractivity contribution in [3.05, 3.63) is 65.7 Å². The molecule has 1 N–H and O–H groups in total. The van der Waals surface area contributed by atoms with E-state index >= 15 is 0 Å². The second-order valence-corrected chi connectivity index (χ2v) is 4.03. The summed E-state index contributed by atoms with van der Waals surface area (Å²) in [7, 11) is 0. The average molecular weight is 228 g/mol. The normalized spacial score (nSPS) is 12.3. The highest BCUT2D eigenvalue weighted by Gasteiger charge is 2.05. The zero-order chi connectivity index (χ0) is 12.1. The summed E-state index contributed by atoms with van der Waals surface area (Å²) in [5, 5.41) is 9.21. The fourth-order valence-corrected chi connectivity index (χ4v) is 1.64. The maximum absolute atomic E-state index is 9.21. The molecule has 0 heterocycles. The van der Waals surface area contributed by atoms with Crippen LogP contribution in [0.2, 0.25) is 0 Å². The second kappa shape index (κ2) is 5.51. The third kappa shape index (κ3) is 3.33. The van der Waals surface area contributed by atoms with E-state index in [4.69, 9.17) is 4.74 Å². The zero-order valence-electron chi connectivity index (χ0n) is 9.84. The van der Waals surface area contributed by atoms with E-state index in [-0.39, 0.29) is 11.9 Å². The van der Waals surface area contributed by atoms with Crippen LogP contribution in [0.25, 0.3) is 0 Å². The Hall–Kier alpha value is -1.80. The maximum Gasteiger partial charge on any atom is 0.115 e. The van der Waals surface area contributed by atoms with E-state index in [0.29, 0.717) is 6.61 Å². The van der Waals surface area contributed by atoms with E-state index in [0.717, 1.165) is 11.1 Å². The van der Waals surface area contributed by atoms with E-state index in [9.17, 15) is 5.11 Å². The first-order chi connectivity index (χ1) is 8.25. The standard InChI is InChI=1S/C15H16O2/c1-12(14-7-9-15(16)10-8-14)17-11-13-5-3-2-4-6-13/h2-10,12,16H,11H2,1H3. The monoisotopic (exact) mass is 228 g/mol. The van der Waals surface area contributed by atoms with Crippen molar-refractivity contribution in [1.82, 2.24) is 0 Å². The van der Waals surface area contributed by atoms with Crippen molar-refractivity contribution in [3.8, 4) is 5.75 Å². The Morgan fingerprint density at radius 1 is 1.00 bits per heavy atom. The minimum absolute atomic E-state index is 0.0239. The van der Waals surface area contributed by atoms with Gasteiger partial charge in [-0.15, -0.1) is 0 Å². The van der Waals surface area contributed by atoms with Gasteiger partial charge in [0.15, 0.2) is 0 Å². The van der Waals surface area contributed by atoms with Crippen LogP contribution in [-0.4, -0.2) is 5.11 Å². The molecule has 0 saturated carbocycles. The maximum atomic E-state index is 9.21. The summed E-state index contributed by atoms with van der Waals surface area (Å²) in [6, 6.07) is 17.2. The van der Waals surface area contributed by atoms with E-state index in [1.165, 1.54) is 0 Å². The van der Waals surface area contributed by atoms with Crippen molar-refractivity contribution in [2.24, 2.45) is 0 Å². The van der Waals surface area contributed by atoms with Crippen molar-refractivity contribution in [2.75, 3.05) is 0 Å².